The Morgan fingerprint density at radius 1 is 1.13 bits per heavy atom. The number of nitrogens with two attached hydrogens (primary N) is 1. The van der Waals surface area contributed by atoms with E-state index in [9.17, 15) is 0 Å². The molecule has 0 saturated carbocycles. The average Bonchev–Trinajstić information content (AvgIpc) is 2.30. The van der Waals surface area contributed by atoms with Crippen molar-refractivity contribution in [1.29, 1.82) is 0 Å². The highest BCUT2D eigenvalue weighted by molar-refractivity contribution is 5.18. The maximum Gasteiger partial charge on any atom is 0.0460 e. The van der Waals surface area contributed by atoms with Gasteiger partial charge in [-0.05, 0) is 12.0 Å². The van der Waals surface area contributed by atoms with E-state index < -0.39 is 0 Å². The Bertz CT molecular complexity index is 246. The fraction of sp³-hybridized carbons (Fsp3) is 0.538. The molecule has 0 aliphatic rings. The van der Waals surface area contributed by atoms with Gasteiger partial charge in [-0.3, -0.25) is 11.3 Å². The molecule has 1 aromatic carbocycles. The van der Waals surface area contributed by atoms with E-state index in [1.165, 1.54) is 31.2 Å². The van der Waals surface area contributed by atoms with Gasteiger partial charge in [-0.2, -0.15) is 0 Å². The van der Waals surface area contributed by atoms with Crippen molar-refractivity contribution in [3.8, 4) is 0 Å². The molecule has 0 spiro atoms. The number of rotatable bonds is 7. The lowest BCUT2D eigenvalue weighted by molar-refractivity contribution is 0.482. The summed E-state index contributed by atoms with van der Waals surface area (Å²) in [7, 11) is 0. The molecule has 2 nitrogen and oxygen atoms in total. The molecule has 0 amide bonds. The van der Waals surface area contributed by atoms with Gasteiger partial charge in [0.2, 0.25) is 0 Å². The van der Waals surface area contributed by atoms with Gasteiger partial charge in [0, 0.05) is 6.04 Å². The molecule has 1 aromatic rings. The van der Waals surface area contributed by atoms with Crippen molar-refractivity contribution in [1.82, 2.24) is 5.43 Å². The molecule has 0 heterocycles. The van der Waals surface area contributed by atoms with Crippen molar-refractivity contribution in [2.75, 3.05) is 0 Å². The van der Waals surface area contributed by atoms with Crippen LogP contribution in [0.1, 0.15) is 50.6 Å². The van der Waals surface area contributed by atoms with Crippen molar-refractivity contribution in [3.05, 3.63) is 35.9 Å². The maximum atomic E-state index is 5.57. The normalized spacial score (nSPS) is 12.7. The van der Waals surface area contributed by atoms with Crippen molar-refractivity contribution in [2.45, 2.75) is 45.1 Å². The first-order chi connectivity index (χ1) is 7.38. The molecule has 0 aliphatic heterocycles. The minimum atomic E-state index is 0.308. The molecule has 0 aliphatic carbocycles. The van der Waals surface area contributed by atoms with Gasteiger partial charge >= 0.3 is 0 Å². The minimum absolute atomic E-state index is 0.308. The van der Waals surface area contributed by atoms with Crippen LogP contribution in [-0.4, -0.2) is 0 Å². The molecule has 84 valence electrons. The molecule has 2 heteroatoms. The molecule has 15 heavy (non-hydrogen) atoms. The third kappa shape index (κ3) is 4.45. The summed E-state index contributed by atoms with van der Waals surface area (Å²) < 4.78 is 0. The SMILES string of the molecule is CCCCCC[C@H](NN)c1ccccc1. The van der Waals surface area contributed by atoms with Gasteiger partial charge < -0.3 is 0 Å². The van der Waals surface area contributed by atoms with Crippen LogP contribution in [0.5, 0.6) is 0 Å². The second kappa shape index (κ2) is 7.43. The molecule has 0 radical (unpaired) electrons. The number of hydrogen-bond donors (Lipinski definition) is 2. The maximum absolute atomic E-state index is 5.57. The largest absolute Gasteiger partial charge is 0.271 e. The molecule has 0 bridgehead atoms. The standard InChI is InChI=1S/C13H22N2/c1-2-3-4-8-11-13(15-14)12-9-6-5-7-10-12/h5-7,9-10,13,15H,2-4,8,11,14H2,1H3/t13-/m0/s1. The summed E-state index contributed by atoms with van der Waals surface area (Å²) in [4.78, 5) is 0. The van der Waals surface area contributed by atoms with Crippen molar-refractivity contribution in [2.24, 2.45) is 5.84 Å². The zero-order valence-corrected chi connectivity index (χ0v) is 9.58. The van der Waals surface area contributed by atoms with Gasteiger partial charge in [-0.15, -0.1) is 0 Å². The second-order valence-electron chi connectivity index (χ2n) is 3.98. The van der Waals surface area contributed by atoms with Crippen LogP contribution in [-0.2, 0) is 0 Å². The van der Waals surface area contributed by atoms with Crippen molar-refractivity contribution in [3.63, 3.8) is 0 Å². The molecule has 0 unspecified atom stereocenters. The lowest BCUT2D eigenvalue weighted by Gasteiger charge is -2.15. The van der Waals surface area contributed by atoms with E-state index in [2.05, 4.69) is 36.6 Å². The van der Waals surface area contributed by atoms with Gasteiger partial charge in [0.25, 0.3) is 0 Å². The second-order valence-corrected chi connectivity index (χ2v) is 3.98. The Morgan fingerprint density at radius 3 is 2.47 bits per heavy atom. The molecule has 0 aromatic heterocycles. The monoisotopic (exact) mass is 206 g/mol. The summed E-state index contributed by atoms with van der Waals surface area (Å²) in [5.41, 5.74) is 4.18. The third-order valence-electron chi connectivity index (χ3n) is 2.75. The van der Waals surface area contributed by atoms with Crippen LogP contribution >= 0.6 is 0 Å². The number of nitrogens with one attached hydrogen (secondary N) is 1. The predicted molar refractivity (Wildman–Crippen MR) is 65.3 cm³/mol. The van der Waals surface area contributed by atoms with Crippen LogP contribution in [0.3, 0.4) is 0 Å². The fourth-order valence-electron chi connectivity index (χ4n) is 1.81. The summed E-state index contributed by atoms with van der Waals surface area (Å²) in [5, 5.41) is 0. The summed E-state index contributed by atoms with van der Waals surface area (Å²) in [6.45, 7) is 2.23. The van der Waals surface area contributed by atoms with Crippen LogP contribution in [0.15, 0.2) is 30.3 Å². The highest BCUT2D eigenvalue weighted by atomic mass is 15.2. The zero-order chi connectivity index (χ0) is 10.9. The van der Waals surface area contributed by atoms with Gasteiger partial charge in [0.05, 0.1) is 0 Å². The number of hydrogen-bond acceptors (Lipinski definition) is 2. The van der Waals surface area contributed by atoms with Gasteiger partial charge in [0.15, 0.2) is 0 Å². The lowest BCUT2D eigenvalue weighted by Crippen LogP contribution is -2.27. The van der Waals surface area contributed by atoms with E-state index in [1.54, 1.807) is 0 Å². The van der Waals surface area contributed by atoms with Crippen molar-refractivity contribution < 1.29 is 0 Å². The number of hydrazine groups is 1. The van der Waals surface area contributed by atoms with Gasteiger partial charge in [0.1, 0.15) is 0 Å². The van der Waals surface area contributed by atoms with Crippen LogP contribution in [0.4, 0.5) is 0 Å². The average molecular weight is 206 g/mol. The lowest BCUT2D eigenvalue weighted by atomic mass is 10.0. The summed E-state index contributed by atoms with van der Waals surface area (Å²) >= 11 is 0. The highest BCUT2D eigenvalue weighted by Gasteiger charge is 2.07. The Labute approximate surface area is 92.8 Å². The number of benzene rings is 1. The summed E-state index contributed by atoms with van der Waals surface area (Å²) in [5.74, 6) is 5.57. The summed E-state index contributed by atoms with van der Waals surface area (Å²) in [6, 6.07) is 10.7. The van der Waals surface area contributed by atoms with E-state index in [0.717, 1.165) is 6.42 Å². The van der Waals surface area contributed by atoms with Crippen LogP contribution in [0, 0.1) is 0 Å². The zero-order valence-electron chi connectivity index (χ0n) is 9.58. The Morgan fingerprint density at radius 2 is 1.87 bits per heavy atom. The van der Waals surface area contributed by atoms with E-state index in [-0.39, 0.29) is 0 Å². The quantitative estimate of drug-likeness (QED) is 0.408. The number of unbranched alkanes of at least 4 members (excludes halogenated alkanes) is 3. The first-order valence-corrected chi connectivity index (χ1v) is 5.89. The summed E-state index contributed by atoms with van der Waals surface area (Å²) in [6.07, 6.45) is 6.29. The first kappa shape index (κ1) is 12.2. The Balaban J connectivity index is 2.36. The van der Waals surface area contributed by atoms with Gasteiger partial charge in [-0.1, -0.05) is 62.9 Å². The van der Waals surface area contributed by atoms with Gasteiger partial charge in [-0.25, -0.2) is 0 Å². The Kier molecular flexibility index (Phi) is 6.05. The van der Waals surface area contributed by atoms with E-state index in [1.807, 2.05) is 6.07 Å². The topological polar surface area (TPSA) is 38.0 Å². The molecular formula is C13H22N2. The fourth-order valence-corrected chi connectivity index (χ4v) is 1.81. The third-order valence-corrected chi connectivity index (χ3v) is 2.75. The molecule has 3 N–H and O–H groups in total. The molecule has 1 rings (SSSR count). The van der Waals surface area contributed by atoms with E-state index in [4.69, 9.17) is 5.84 Å². The van der Waals surface area contributed by atoms with Crippen molar-refractivity contribution >= 4 is 0 Å². The highest BCUT2D eigenvalue weighted by Crippen LogP contribution is 2.18. The molecule has 1 atom stereocenters. The van der Waals surface area contributed by atoms with Crippen LogP contribution in [0.25, 0.3) is 0 Å². The predicted octanol–water partition coefficient (Wildman–Crippen LogP) is 3.16. The van der Waals surface area contributed by atoms with E-state index in [0.29, 0.717) is 6.04 Å². The molecular weight excluding hydrogens is 184 g/mol. The molecule has 0 saturated heterocycles. The minimum Gasteiger partial charge on any atom is -0.271 e. The molecule has 0 fully saturated rings. The van der Waals surface area contributed by atoms with Crippen LogP contribution in [0.2, 0.25) is 0 Å². The smallest absolute Gasteiger partial charge is 0.0460 e. The first-order valence-electron chi connectivity index (χ1n) is 5.89. The Hall–Kier alpha value is -0.860. The van der Waals surface area contributed by atoms with Crippen LogP contribution < -0.4 is 11.3 Å². The van der Waals surface area contributed by atoms with E-state index >= 15 is 0 Å².